The Morgan fingerprint density at radius 2 is 1.95 bits per heavy atom. The Kier molecular flexibility index (Phi) is 2.80. The highest BCUT2D eigenvalue weighted by Gasteiger charge is 2.37. The van der Waals surface area contributed by atoms with Gasteiger partial charge in [0.25, 0.3) is 0 Å². The fraction of sp³-hybridized carbons (Fsp3) is 0.200. The number of aliphatic hydroxyl groups is 2. The Balaban J connectivity index is 2.12. The van der Waals surface area contributed by atoms with E-state index in [-0.39, 0.29) is 12.0 Å². The summed E-state index contributed by atoms with van der Waals surface area (Å²) in [6.45, 7) is 1.74. The van der Waals surface area contributed by atoms with Crippen molar-refractivity contribution in [3.05, 3.63) is 65.7 Å². The molecule has 0 spiro atoms. The second kappa shape index (κ2) is 4.48. The van der Waals surface area contributed by atoms with Crippen LogP contribution in [0.1, 0.15) is 6.92 Å². The number of hydrogen-bond donors (Lipinski definition) is 3. The topological polar surface area (TPSA) is 55.7 Å². The van der Waals surface area contributed by atoms with E-state index in [1.165, 1.54) is 0 Å². The maximum atomic E-state index is 10.4. The van der Waals surface area contributed by atoms with E-state index >= 15 is 0 Å². The first-order valence-corrected chi connectivity index (χ1v) is 6.25. The molecule has 0 amide bonds. The summed E-state index contributed by atoms with van der Waals surface area (Å²) in [6.07, 6.45) is 4.55. The summed E-state index contributed by atoms with van der Waals surface area (Å²) in [4.78, 5) is 1.79. The van der Waals surface area contributed by atoms with E-state index in [0.29, 0.717) is 5.57 Å². The van der Waals surface area contributed by atoms with Crippen LogP contribution < -0.4 is 10.2 Å². The zero-order valence-electron chi connectivity index (χ0n) is 10.6. The molecule has 0 saturated heterocycles. The van der Waals surface area contributed by atoms with Crippen molar-refractivity contribution in [2.45, 2.75) is 19.2 Å². The molecule has 0 aromatic heterocycles. The highest BCUT2D eigenvalue weighted by molar-refractivity contribution is 5.58. The molecule has 3 N–H and O–H groups in total. The molecule has 2 aliphatic heterocycles. The number of aliphatic hydroxyl groups excluding tert-OH is 2. The number of allylic oxidation sites excluding steroid dienone is 2. The molecule has 0 bridgehead atoms. The first kappa shape index (κ1) is 11.9. The van der Waals surface area contributed by atoms with Crippen molar-refractivity contribution in [1.29, 1.82) is 0 Å². The van der Waals surface area contributed by atoms with Crippen LogP contribution in [0.25, 0.3) is 0 Å². The van der Waals surface area contributed by atoms with Crippen molar-refractivity contribution in [1.82, 2.24) is 5.32 Å². The van der Waals surface area contributed by atoms with E-state index in [4.69, 9.17) is 0 Å². The van der Waals surface area contributed by atoms with Gasteiger partial charge in [-0.3, -0.25) is 4.90 Å². The number of nitrogens with one attached hydrogen (secondary N) is 1. The molecule has 3 rings (SSSR count). The number of benzene rings is 1. The molecule has 2 aliphatic rings. The number of nitrogens with zero attached hydrogens (tertiary/aromatic N) is 1. The number of fused-ring (bicyclic) bond motifs is 1. The predicted molar refractivity (Wildman–Crippen MR) is 74.4 cm³/mol. The molecule has 4 heteroatoms. The Bertz CT molecular complexity index is 575. The Morgan fingerprint density at radius 1 is 1.21 bits per heavy atom. The highest BCUT2D eigenvalue weighted by Crippen LogP contribution is 2.34. The van der Waals surface area contributed by atoms with Gasteiger partial charge in [0.15, 0.2) is 5.88 Å². The zero-order chi connectivity index (χ0) is 13.4. The predicted octanol–water partition coefficient (Wildman–Crippen LogP) is 2.03. The van der Waals surface area contributed by atoms with Crippen LogP contribution in [0.5, 0.6) is 0 Å². The van der Waals surface area contributed by atoms with Gasteiger partial charge in [-0.1, -0.05) is 24.3 Å². The van der Waals surface area contributed by atoms with E-state index in [9.17, 15) is 10.2 Å². The van der Waals surface area contributed by atoms with Gasteiger partial charge in [-0.25, -0.2) is 0 Å². The van der Waals surface area contributed by atoms with Crippen LogP contribution >= 0.6 is 0 Å². The molecule has 2 atom stereocenters. The summed E-state index contributed by atoms with van der Waals surface area (Å²) < 4.78 is 0. The van der Waals surface area contributed by atoms with Crippen LogP contribution in [0.3, 0.4) is 0 Å². The molecule has 2 unspecified atom stereocenters. The first-order valence-electron chi connectivity index (χ1n) is 6.25. The summed E-state index contributed by atoms with van der Waals surface area (Å²) in [6, 6.07) is 9.63. The first-order chi connectivity index (χ1) is 9.20. The number of rotatable bonds is 1. The second-order valence-electron chi connectivity index (χ2n) is 4.71. The Hall–Kier alpha value is -2.20. The van der Waals surface area contributed by atoms with E-state index in [1.54, 1.807) is 11.8 Å². The normalized spacial score (nSPS) is 25.8. The summed E-state index contributed by atoms with van der Waals surface area (Å²) in [5, 5.41) is 23.7. The Morgan fingerprint density at radius 3 is 2.68 bits per heavy atom. The lowest BCUT2D eigenvalue weighted by atomic mass is 9.93. The van der Waals surface area contributed by atoms with Gasteiger partial charge < -0.3 is 15.5 Å². The van der Waals surface area contributed by atoms with Gasteiger partial charge in [-0.15, -0.1) is 0 Å². The average Bonchev–Trinajstić information content (AvgIpc) is 2.46. The molecule has 19 heavy (non-hydrogen) atoms. The highest BCUT2D eigenvalue weighted by atomic mass is 16.3. The fourth-order valence-corrected chi connectivity index (χ4v) is 2.50. The van der Waals surface area contributed by atoms with Gasteiger partial charge >= 0.3 is 0 Å². The third-order valence-corrected chi connectivity index (χ3v) is 3.55. The van der Waals surface area contributed by atoms with E-state index in [1.807, 2.05) is 48.7 Å². The number of anilines is 1. The minimum Gasteiger partial charge on any atom is -0.494 e. The number of dihydropyridines is 1. The quantitative estimate of drug-likeness (QED) is 0.719. The SMILES string of the molecule is CC1=C(O)N(c2ccccc2)C2NC=CC=C2C1O. The third kappa shape index (κ3) is 1.81. The summed E-state index contributed by atoms with van der Waals surface area (Å²) in [7, 11) is 0. The van der Waals surface area contributed by atoms with Gasteiger partial charge in [0.2, 0.25) is 0 Å². The number of hydrogen-bond acceptors (Lipinski definition) is 4. The van der Waals surface area contributed by atoms with E-state index in [2.05, 4.69) is 5.32 Å². The van der Waals surface area contributed by atoms with Gasteiger partial charge in [0.1, 0.15) is 12.3 Å². The van der Waals surface area contributed by atoms with Crippen LogP contribution in [0.2, 0.25) is 0 Å². The zero-order valence-corrected chi connectivity index (χ0v) is 10.6. The van der Waals surface area contributed by atoms with Gasteiger partial charge in [-0.05, 0) is 31.3 Å². The molecule has 1 aromatic carbocycles. The maximum Gasteiger partial charge on any atom is 0.195 e. The summed E-state index contributed by atoms with van der Waals surface area (Å²) in [5.74, 6) is 0.101. The molecule has 2 heterocycles. The lowest BCUT2D eigenvalue weighted by molar-refractivity contribution is 0.208. The minimum atomic E-state index is -0.748. The molecule has 1 aromatic rings. The lowest BCUT2D eigenvalue weighted by Crippen LogP contribution is -2.52. The summed E-state index contributed by atoms with van der Waals surface area (Å²) in [5.41, 5.74) is 2.27. The minimum absolute atomic E-state index is 0.101. The van der Waals surface area contributed by atoms with Crippen LogP contribution in [-0.4, -0.2) is 22.5 Å². The molecule has 0 fully saturated rings. The van der Waals surface area contributed by atoms with Gasteiger partial charge in [0.05, 0.1) is 0 Å². The third-order valence-electron chi connectivity index (χ3n) is 3.55. The van der Waals surface area contributed by atoms with E-state index in [0.717, 1.165) is 11.3 Å². The van der Waals surface area contributed by atoms with Crippen molar-refractivity contribution in [3.63, 3.8) is 0 Å². The van der Waals surface area contributed by atoms with Crippen LogP contribution in [-0.2, 0) is 0 Å². The Labute approximate surface area is 112 Å². The van der Waals surface area contributed by atoms with Crippen molar-refractivity contribution in [2.24, 2.45) is 0 Å². The molecule has 0 aliphatic carbocycles. The second-order valence-corrected chi connectivity index (χ2v) is 4.71. The van der Waals surface area contributed by atoms with Gasteiger partial charge in [0, 0.05) is 16.8 Å². The summed E-state index contributed by atoms with van der Waals surface area (Å²) >= 11 is 0. The standard InChI is InChI=1S/C15H16N2O2/c1-10-13(18)12-8-5-9-16-14(12)17(15(10)19)11-6-3-2-4-7-11/h2-9,13-14,16,18-19H,1H3. The van der Waals surface area contributed by atoms with Crippen LogP contribution in [0, 0.1) is 0 Å². The van der Waals surface area contributed by atoms with Crippen LogP contribution in [0.4, 0.5) is 5.69 Å². The molecule has 0 radical (unpaired) electrons. The maximum absolute atomic E-state index is 10.4. The van der Waals surface area contributed by atoms with Crippen LogP contribution in [0.15, 0.2) is 65.7 Å². The smallest absolute Gasteiger partial charge is 0.195 e. The molecular formula is C15H16N2O2. The molecular weight excluding hydrogens is 240 g/mol. The fourth-order valence-electron chi connectivity index (χ4n) is 2.50. The van der Waals surface area contributed by atoms with Crippen molar-refractivity contribution < 1.29 is 10.2 Å². The molecule has 98 valence electrons. The monoisotopic (exact) mass is 256 g/mol. The van der Waals surface area contributed by atoms with E-state index < -0.39 is 6.10 Å². The van der Waals surface area contributed by atoms with Crippen molar-refractivity contribution in [3.8, 4) is 0 Å². The lowest BCUT2D eigenvalue weighted by Gasteiger charge is -2.42. The largest absolute Gasteiger partial charge is 0.494 e. The van der Waals surface area contributed by atoms with Crippen molar-refractivity contribution >= 4 is 5.69 Å². The van der Waals surface area contributed by atoms with Gasteiger partial charge in [-0.2, -0.15) is 0 Å². The molecule has 4 nitrogen and oxygen atoms in total. The number of para-hydroxylation sites is 1. The average molecular weight is 256 g/mol. The van der Waals surface area contributed by atoms with Crippen molar-refractivity contribution in [2.75, 3.05) is 4.90 Å². The molecule has 0 saturated carbocycles.